The zero-order valence-corrected chi connectivity index (χ0v) is 14.8. The monoisotopic (exact) mass is 350 g/mol. The molecule has 134 valence electrons. The Balaban J connectivity index is 1.58. The molecule has 0 spiro atoms. The van der Waals surface area contributed by atoms with Gasteiger partial charge in [0.2, 0.25) is 0 Å². The SMILES string of the molecule is COc1ccc2cc([C@@H]3CN(c4cc(CO)ccn4)CCO3)ccc2c1. The zero-order chi connectivity index (χ0) is 17.9. The highest BCUT2D eigenvalue weighted by Gasteiger charge is 2.23. The van der Waals surface area contributed by atoms with Crippen molar-refractivity contribution in [2.75, 3.05) is 31.7 Å². The van der Waals surface area contributed by atoms with Gasteiger partial charge >= 0.3 is 0 Å². The third-order valence-corrected chi connectivity index (χ3v) is 4.83. The van der Waals surface area contributed by atoms with Crippen molar-refractivity contribution in [1.29, 1.82) is 0 Å². The molecule has 1 fully saturated rings. The summed E-state index contributed by atoms with van der Waals surface area (Å²) in [5.74, 6) is 1.75. The molecule has 0 radical (unpaired) electrons. The number of anilines is 1. The second kappa shape index (κ2) is 7.32. The smallest absolute Gasteiger partial charge is 0.129 e. The number of aromatic nitrogens is 1. The average molecular weight is 350 g/mol. The van der Waals surface area contributed by atoms with Crippen LogP contribution < -0.4 is 9.64 Å². The summed E-state index contributed by atoms with van der Waals surface area (Å²) in [5, 5.41) is 11.7. The molecule has 3 aromatic rings. The predicted molar refractivity (Wildman–Crippen MR) is 102 cm³/mol. The van der Waals surface area contributed by atoms with E-state index in [4.69, 9.17) is 9.47 Å². The molecule has 1 aliphatic heterocycles. The minimum absolute atomic E-state index is 0.00478. The Morgan fingerprint density at radius 2 is 2.00 bits per heavy atom. The summed E-state index contributed by atoms with van der Waals surface area (Å²) >= 11 is 0. The van der Waals surface area contributed by atoms with Crippen molar-refractivity contribution in [3.8, 4) is 5.75 Å². The van der Waals surface area contributed by atoms with E-state index in [9.17, 15) is 5.11 Å². The fourth-order valence-corrected chi connectivity index (χ4v) is 3.36. The van der Waals surface area contributed by atoms with Crippen molar-refractivity contribution < 1.29 is 14.6 Å². The Morgan fingerprint density at radius 1 is 1.15 bits per heavy atom. The number of morpholine rings is 1. The number of methoxy groups -OCH3 is 1. The van der Waals surface area contributed by atoms with Gasteiger partial charge in [0.05, 0.1) is 20.3 Å². The van der Waals surface area contributed by atoms with Gasteiger partial charge in [0, 0.05) is 19.3 Å². The maximum Gasteiger partial charge on any atom is 0.129 e. The molecule has 1 aliphatic rings. The number of benzene rings is 2. The van der Waals surface area contributed by atoms with Crippen LogP contribution in [-0.4, -0.2) is 36.9 Å². The van der Waals surface area contributed by atoms with Crippen molar-refractivity contribution in [3.05, 3.63) is 65.9 Å². The summed E-state index contributed by atoms with van der Waals surface area (Å²) in [5.41, 5.74) is 2.03. The zero-order valence-electron chi connectivity index (χ0n) is 14.8. The molecule has 0 saturated carbocycles. The number of ether oxygens (including phenoxy) is 2. The Hall–Kier alpha value is -2.63. The van der Waals surface area contributed by atoms with Crippen LogP contribution in [0.5, 0.6) is 5.75 Å². The van der Waals surface area contributed by atoms with E-state index < -0.39 is 0 Å². The van der Waals surface area contributed by atoms with Crippen LogP contribution in [0.4, 0.5) is 5.82 Å². The van der Waals surface area contributed by atoms with Crippen molar-refractivity contribution in [2.24, 2.45) is 0 Å². The van der Waals surface area contributed by atoms with Crippen LogP contribution in [0, 0.1) is 0 Å². The van der Waals surface area contributed by atoms with Crippen LogP contribution in [0.1, 0.15) is 17.2 Å². The maximum absolute atomic E-state index is 9.35. The predicted octanol–water partition coefficient (Wildman–Crippen LogP) is 3.31. The lowest BCUT2D eigenvalue weighted by Gasteiger charge is -2.34. The topological polar surface area (TPSA) is 54.8 Å². The molecule has 1 atom stereocenters. The Kier molecular flexibility index (Phi) is 4.73. The van der Waals surface area contributed by atoms with Gasteiger partial charge < -0.3 is 19.5 Å². The van der Waals surface area contributed by atoms with Crippen LogP contribution in [0.3, 0.4) is 0 Å². The fraction of sp³-hybridized carbons (Fsp3) is 0.286. The third kappa shape index (κ3) is 3.36. The third-order valence-electron chi connectivity index (χ3n) is 4.83. The number of nitrogens with zero attached hydrogens (tertiary/aromatic N) is 2. The summed E-state index contributed by atoms with van der Waals surface area (Å²) in [6.45, 7) is 2.21. The van der Waals surface area contributed by atoms with Crippen molar-refractivity contribution in [2.45, 2.75) is 12.7 Å². The molecule has 4 rings (SSSR count). The number of hydrogen-bond donors (Lipinski definition) is 1. The van der Waals surface area contributed by atoms with E-state index in [0.29, 0.717) is 6.61 Å². The van der Waals surface area contributed by atoms with Crippen molar-refractivity contribution >= 4 is 16.6 Å². The second-order valence-corrected chi connectivity index (χ2v) is 6.46. The van der Waals surface area contributed by atoms with E-state index in [1.165, 1.54) is 5.39 Å². The van der Waals surface area contributed by atoms with Gasteiger partial charge in [0.1, 0.15) is 17.7 Å². The van der Waals surface area contributed by atoms with E-state index in [0.717, 1.165) is 41.2 Å². The molecule has 5 heteroatoms. The number of aliphatic hydroxyl groups is 1. The first-order valence-corrected chi connectivity index (χ1v) is 8.77. The lowest BCUT2D eigenvalue weighted by Crippen LogP contribution is -2.38. The molecule has 0 aliphatic carbocycles. The number of rotatable bonds is 4. The summed E-state index contributed by atoms with van der Waals surface area (Å²) < 4.78 is 11.3. The van der Waals surface area contributed by atoms with E-state index in [1.807, 2.05) is 24.3 Å². The molecule has 0 unspecified atom stereocenters. The van der Waals surface area contributed by atoms with Gasteiger partial charge in [-0.1, -0.05) is 18.2 Å². The number of fused-ring (bicyclic) bond motifs is 1. The number of aliphatic hydroxyl groups excluding tert-OH is 1. The lowest BCUT2D eigenvalue weighted by molar-refractivity contribution is 0.0396. The average Bonchev–Trinajstić information content (AvgIpc) is 2.73. The fourth-order valence-electron chi connectivity index (χ4n) is 3.36. The van der Waals surface area contributed by atoms with E-state index in [-0.39, 0.29) is 12.7 Å². The first kappa shape index (κ1) is 16.8. The van der Waals surface area contributed by atoms with E-state index >= 15 is 0 Å². The summed E-state index contributed by atoms with van der Waals surface area (Å²) in [4.78, 5) is 6.67. The van der Waals surface area contributed by atoms with Crippen LogP contribution in [0.25, 0.3) is 10.8 Å². The summed E-state index contributed by atoms with van der Waals surface area (Å²) in [7, 11) is 1.68. The van der Waals surface area contributed by atoms with E-state index in [2.05, 4.69) is 34.1 Å². The van der Waals surface area contributed by atoms with Crippen molar-refractivity contribution in [1.82, 2.24) is 4.98 Å². The number of hydrogen-bond acceptors (Lipinski definition) is 5. The normalized spacial score (nSPS) is 17.5. The van der Waals surface area contributed by atoms with Crippen molar-refractivity contribution in [3.63, 3.8) is 0 Å². The molecular weight excluding hydrogens is 328 g/mol. The molecular formula is C21H22N2O3. The molecule has 1 aromatic heterocycles. The summed E-state index contributed by atoms with van der Waals surface area (Å²) in [6.07, 6.45) is 1.74. The highest BCUT2D eigenvalue weighted by atomic mass is 16.5. The molecule has 0 bridgehead atoms. The highest BCUT2D eigenvalue weighted by molar-refractivity contribution is 5.84. The molecule has 2 heterocycles. The van der Waals surface area contributed by atoms with Gasteiger partial charge in [-0.25, -0.2) is 4.98 Å². The van der Waals surface area contributed by atoms with Gasteiger partial charge in [-0.2, -0.15) is 0 Å². The molecule has 26 heavy (non-hydrogen) atoms. The van der Waals surface area contributed by atoms with Crippen LogP contribution in [0.2, 0.25) is 0 Å². The minimum atomic E-state index is -0.00478. The second-order valence-electron chi connectivity index (χ2n) is 6.46. The minimum Gasteiger partial charge on any atom is -0.497 e. The largest absolute Gasteiger partial charge is 0.497 e. The van der Waals surface area contributed by atoms with Gasteiger partial charge in [0.15, 0.2) is 0 Å². The first-order valence-electron chi connectivity index (χ1n) is 8.77. The Bertz CT molecular complexity index is 913. The molecule has 1 N–H and O–H groups in total. The quantitative estimate of drug-likeness (QED) is 0.782. The molecule has 0 amide bonds. The number of pyridine rings is 1. The lowest BCUT2D eigenvalue weighted by atomic mass is 10.0. The molecule has 1 saturated heterocycles. The van der Waals surface area contributed by atoms with Gasteiger partial charge in [-0.15, -0.1) is 0 Å². The standard InChI is InChI=1S/C21H22N2O3/c1-25-19-5-4-16-11-18(3-2-17(16)12-19)20-13-23(8-9-26-20)21-10-15(14-24)6-7-22-21/h2-7,10-12,20,24H,8-9,13-14H2,1H3/t20-/m0/s1. The molecule has 5 nitrogen and oxygen atoms in total. The Labute approximate surface area is 152 Å². The highest BCUT2D eigenvalue weighted by Crippen LogP contribution is 2.29. The maximum atomic E-state index is 9.35. The van der Waals surface area contributed by atoms with Gasteiger partial charge in [-0.3, -0.25) is 0 Å². The van der Waals surface area contributed by atoms with Crippen LogP contribution in [-0.2, 0) is 11.3 Å². The first-order chi connectivity index (χ1) is 12.8. The van der Waals surface area contributed by atoms with Crippen LogP contribution >= 0.6 is 0 Å². The van der Waals surface area contributed by atoms with E-state index in [1.54, 1.807) is 13.3 Å². The molecule has 2 aromatic carbocycles. The summed E-state index contributed by atoms with van der Waals surface area (Å²) in [6, 6.07) is 16.3. The van der Waals surface area contributed by atoms with Crippen LogP contribution in [0.15, 0.2) is 54.7 Å². The van der Waals surface area contributed by atoms with Gasteiger partial charge in [-0.05, 0) is 52.2 Å². The van der Waals surface area contributed by atoms with Gasteiger partial charge in [0.25, 0.3) is 0 Å². The Morgan fingerprint density at radius 3 is 2.85 bits per heavy atom.